The maximum absolute atomic E-state index is 6.32. The van der Waals surface area contributed by atoms with E-state index in [9.17, 15) is 0 Å². The van der Waals surface area contributed by atoms with Crippen molar-refractivity contribution in [3.8, 4) is 0 Å². The maximum Gasteiger partial charge on any atom is 0.0774 e. The van der Waals surface area contributed by atoms with Crippen LogP contribution in [0, 0.1) is 0 Å². The van der Waals surface area contributed by atoms with Crippen LogP contribution in [0.15, 0.2) is 24.3 Å². The van der Waals surface area contributed by atoms with Crippen molar-refractivity contribution < 1.29 is 4.74 Å². The molecular weight excluding hydrogens is 246 g/mol. The summed E-state index contributed by atoms with van der Waals surface area (Å²) in [6.07, 6.45) is 3.96. The summed E-state index contributed by atoms with van der Waals surface area (Å²) >= 11 is 6.32. The van der Waals surface area contributed by atoms with Gasteiger partial charge in [-0.15, -0.1) is 0 Å². The molecule has 1 aromatic carbocycles. The van der Waals surface area contributed by atoms with Gasteiger partial charge in [0.1, 0.15) is 0 Å². The first-order chi connectivity index (χ1) is 8.72. The molecule has 0 saturated carbocycles. The van der Waals surface area contributed by atoms with Crippen molar-refractivity contribution in [2.24, 2.45) is 0 Å². The monoisotopic (exact) mass is 267 g/mol. The molecule has 1 aliphatic heterocycles. The number of rotatable bonds is 5. The number of hydrogen-bond acceptors (Lipinski definition) is 2. The van der Waals surface area contributed by atoms with Gasteiger partial charge in [-0.25, -0.2) is 0 Å². The number of nitrogens with one attached hydrogen (secondary N) is 1. The van der Waals surface area contributed by atoms with Crippen LogP contribution in [0.25, 0.3) is 0 Å². The smallest absolute Gasteiger partial charge is 0.0774 e. The van der Waals surface area contributed by atoms with Crippen LogP contribution in [0.3, 0.4) is 0 Å². The minimum atomic E-state index is 0.212. The predicted octanol–water partition coefficient (Wildman–Crippen LogP) is 3.95. The van der Waals surface area contributed by atoms with Crippen molar-refractivity contribution in [3.05, 3.63) is 34.9 Å². The molecule has 100 valence electrons. The second kappa shape index (κ2) is 6.55. The van der Waals surface area contributed by atoms with Crippen molar-refractivity contribution in [1.82, 2.24) is 5.32 Å². The van der Waals surface area contributed by atoms with Crippen molar-refractivity contribution in [2.45, 2.75) is 51.4 Å². The van der Waals surface area contributed by atoms with Crippen molar-refractivity contribution >= 4 is 11.6 Å². The van der Waals surface area contributed by atoms with Gasteiger partial charge < -0.3 is 10.1 Å². The Hall–Kier alpha value is -0.570. The highest BCUT2D eigenvalue weighted by atomic mass is 35.5. The average Bonchev–Trinajstić information content (AvgIpc) is 2.78. The normalized spacial score (nSPS) is 25.3. The Kier molecular flexibility index (Phi) is 5.04. The molecule has 18 heavy (non-hydrogen) atoms. The summed E-state index contributed by atoms with van der Waals surface area (Å²) in [7, 11) is 0. The second-order valence-electron chi connectivity index (χ2n) is 5.02. The molecule has 0 radical (unpaired) electrons. The van der Waals surface area contributed by atoms with Crippen molar-refractivity contribution in [3.63, 3.8) is 0 Å². The standard InChI is InChI=1S/C15H22ClNO/c1-3-10-17-15(14-9-8-11(2)18-14)12-6-4-5-7-13(12)16/h4-7,11,14-15,17H,3,8-10H2,1-2H3. The summed E-state index contributed by atoms with van der Waals surface area (Å²) in [6, 6.07) is 8.28. The SMILES string of the molecule is CCCNC(c1ccccc1Cl)C1CCC(C)O1. The zero-order valence-corrected chi connectivity index (χ0v) is 11.9. The molecule has 0 aliphatic carbocycles. The van der Waals surface area contributed by atoms with E-state index in [1.807, 2.05) is 18.2 Å². The topological polar surface area (TPSA) is 21.3 Å². The summed E-state index contributed by atoms with van der Waals surface area (Å²) in [6.45, 7) is 5.31. The van der Waals surface area contributed by atoms with Gasteiger partial charge in [-0.1, -0.05) is 36.7 Å². The number of benzene rings is 1. The highest BCUT2D eigenvalue weighted by Gasteiger charge is 2.31. The van der Waals surface area contributed by atoms with E-state index in [-0.39, 0.29) is 12.1 Å². The molecule has 1 heterocycles. The van der Waals surface area contributed by atoms with Gasteiger partial charge in [0.25, 0.3) is 0 Å². The summed E-state index contributed by atoms with van der Waals surface area (Å²) in [4.78, 5) is 0. The molecule has 0 amide bonds. The van der Waals surface area contributed by atoms with Crippen LogP contribution in [0.1, 0.15) is 44.7 Å². The van der Waals surface area contributed by atoms with Gasteiger partial charge >= 0.3 is 0 Å². The molecule has 1 saturated heterocycles. The summed E-state index contributed by atoms with van der Waals surface area (Å²) in [5.41, 5.74) is 1.16. The highest BCUT2D eigenvalue weighted by Crippen LogP contribution is 2.33. The Balaban J connectivity index is 2.17. The second-order valence-corrected chi connectivity index (χ2v) is 5.42. The molecule has 1 fully saturated rings. The van der Waals surface area contributed by atoms with Gasteiger partial charge in [-0.05, 0) is 44.4 Å². The van der Waals surface area contributed by atoms with Crippen LogP contribution in [0.4, 0.5) is 0 Å². The largest absolute Gasteiger partial charge is 0.373 e. The van der Waals surface area contributed by atoms with E-state index < -0.39 is 0 Å². The van der Waals surface area contributed by atoms with E-state index in [1.54, 1.807) is 0 Å². The molecule has 0 aromatic heterocycles. The summed E-state index contributed by atoms with van der Waals surface area (Å²) in [5.74, 6) is 0. The fraction of sp³-hybridized carbons (Fsp3) is 0.600. The summed E-state index contributed by atoms with van der Waals surface area (Å²) < 4.78 is 6.01. The van der Waals surface area contributed by atoms with Crippen LogP contribution >= 0.6 is 11.6 Å². The zero-order chi connectivity index (χ0) is 13.0. The van der Waals surface area contributed by atoms with Crippen LogP contribution in [0.5, 0.6) is 0 Å². The first-order valence-corrected chi connectivity index (χ1v) is 7.23. The minimum Gasteiger partial charge on any atom is -0.373 e. The van der Waals surface area contributed by atoms with E-state index >= 15 is 0 Å². The fourth-order valence-electron chi connectivity index (χ4n) is 2.55. The molecule has 3 unspecified atom stereocenters. The molecule has 3 atom stereocenters. The molecule has 0 bridgehead atoms. The predicted molar refractivity (Wildman–Crippen MR) is 76.1 cm³/mol. The van der Waals surface area contributed by atoms with E-state index in [2.05, 4.69) is 25.2 Å². The van der Waals surface area contributed by atoms with Crippen molar-refractivity contribution in [1.29, 1.82) is 0 Å². The van der Waals surface area contributed by atoms with E-state index in [1.165, 1.54) is 0 Å². The quantitative estimate of drug-likeness (QED) is 0.872. The lowest BCUT2D eigenvalue weighted by atomic mass is 9.99. The van der Waals surface area contributed by atoms with Gasteiger partial charge in [0.05, 0.1) is 18.2 Å². The van der Waals surface area contributed by atoms with Gasteiger partial charge in [-0.2, -0.15) is 0 Å². The first-order valence-electron chi connectivity index (χ1n) is 6.85. The van der Waals surface area contributed by atoms with Crippen LogP contribution in [-0.4, -0.2) is 18.8 Å². The molecule has 3 heteroatoms. The van der Waals surface area contributed by atoms with Crippen LogP contribution in [0.2, 0.25) is 5.02 Å². The Morgan fingerprint density at radius 2 is 2.17 bits per heavy atom. The third-order valence-corrected chi connectivity index (χ3v) is 3.84. The number of ether oxygens (including phenoxy) is 1. The Labute approximate surface area is 115 Å². The third-order valence-electron chi connectivity index (χ3n) is 3.49. The molecule has 1 aromatic rings. The van der Waals surface area contributed by atoms with Gasteiger partial charge in [0.2, 0.25) is 0 Å². The van der Waals surface area contributed by atoms with E-state index in [0.717, 1.165) is 36.4 Å². The molecule has 1 N–H and O–H groups in total. The zero-order valence-electron chi connectivity index (χ0n) is 11.2. The Bertz CT molecular complexity index is 383. The van der Waals surface area contributed by atoms with E-state index in [0.29, 0.717) is 6.10 Å². The van der Waals surface area contributed by atoms with Crippen molar-refractivity contribution in [2.75, 3.05) is 6.54 Å². The lowest BCUT2D eigenvalue weighted by Gasteiger charge is -2.26. The molecule has 1 aliphatic rings. The maximum atomic E-state index is 6.32. The fourth-order valence-corrected chi connectivity index (χ4v) is 2.80. The highest BCUT2D eigenvalue weighted by molar-refractivity contribution is 6.31. The number of hydrogen-bond donors (Lipinski definition) is 1. The number of halogens is 1. The minimum absolute atomic E-state index is 0.212. The lowest BCUT2D eigenvalue weighted by molar-refractivity contribution is 0.0316. The van der Waals surface area contributed by atoms with Gasteiger partial charge in [0.15, 0.2) is 0 Å². The molecular formula is C15H22ClNO. The van der Waals surface area contributed by atoms with E-state index in [4.69, 9.17) is 16.3 Å². The molecule has 2 nitrogen and oxygen atoms in total. The van der Waals surface area contributed by atoms with Gasteiger partial charge in [0, 0.05) is 5.02 Å². The summed E-state index contributed by atoms with van der Waals surface area (Å²) in [5, 5.41) is 4.41. The Morgan fingerprint density at radius 1 is 1.39 bits per heavy atom. The van der Waals surface area contributed by atoms with Crippen LogP contribution < -0.4 is 5.32 Å². The van der Waals surface area contributed by atoms with Gasteiger partial charge in [-0.3, -0.25) is 0 Å². The average molecular weight is 268 g/mol. The lowest BCUT2D eigenvalue weighted by Crippen LogP contribution is -2.32. The first kappa shape index (κ1) is 13.9. The third kappa shape index (κ3) is 3.25. The molecule has 0 spiro atoms. The molecule has 2 rings (SSSR count). The Morgan fingerprint density at radius 3 is 2.78 bits per heavy atom. The van der Waals surface area contributed by atoms with Crippen LogP contribution in [-0.2, 0) is 4.74 Å².